The van der Waals surface area contributed by atoms with Crippen molar-refractivity contribution in [1.82, 2.24) is 5.32 Å². The van der Waals surface area contributed by atoms with Gasteiger partial charge < -0.3 is 10.1 Å². The highest BCUT2D eigenvalue weighted by atomic mass is 32.2. The number of benzene rings is 2. The normalized spacial score (nSPS) is 10.5. The number of esters is 1. The number of rotatable bonds is 6. The van der Waals surface area contributed by atoms with Gasteiger partial charge in [0.25, 0.3) is 5.91 Å². The zero-order valence-electron chi connectivity index (χ0n) is 15.9. The molecule has 28 heavy (non-hydrogen) atoms. The first-order valence-electron chi connectivity index (χ1n) is 8.54. The SMILES string of the molecule is CSc1ccc(/C=C/C(=O)OCC(=O)NC(=O)Nc2ccc(C)cc2C)cc1. The molecular formula is C21H22N2O4S. The Labute approximate surface area is 168 Å². The van der Waals surface area contributed by atoms with Crippen molar-refractivity contribution < 1.29 is 19.1 Å². The smallest absolute Gasteiger partial charge is 0.331 e. The molecule has 2 aromatic carbocycles. The molecule has 3 amide bonds. The molecule has 6 nitrogen and oxygen atoms in total. The summed E-state index contributed by atoms with van der Waals surface area (Å²) in [6.45, 7) is 3.25. The van der Waals surface area contributed by atoms with Crippen molar-refractivity contribution in [2.45, 2.75) is 18.7 Å². The number of amides is 3. The number of imide groups is 1. The molecule has 0 aliphatic rings. The molecule has 0 fully saturated rings. The summed E-state index contributed by atoms with van der Waals surface area (Å²) in [4.78, 5) is 36.4. The summed E-state index contributed by atoms with van der Waals surface area (Å²) in [6, 6.07) is 12.5. The molecule has 0 aliphatic heterocycles. The molecule has 0 atom stereocenters. The number of ether oxygens (including phenoxy) is 1. The van der Waals surface area contributed by atoms with Gasteiger partial charge in [0.1, 0.15) is 0 Å². The molecule has 0 spiro atoms. The largest absolute Gasteiger partial charge is 0.452 e. The van der Waals surface area contributed by atoms with Crippen molar-refractivity contribution in [2.75, 3.05) is 18.2 Å². The van der Waals surface area contributed by atoms with Gasteiger partial charge in [-0.3, -0.25) is 10.1 Å². The molecular weight excluding hydrogens is 376 g/mol. The van der Waals surface area contributed by atoms with E-state index in [-0.39, 0.29) is 0 Å². The van der Waals surface area contributed by atoms with E-state index in [0.717, 1.165) is 21.6 Å². The fraction of sp³-hybridized carbons (Fsp3) is 0.190. The third-order valence-corrected chi connectivity index (χ3v) is 4.50. The quantitative estimate of drug-likeness (QED) is 0.438. The number of nitrogens with one attached hydrogen (secondary N) is 2. The summed E-state index contributed by atoms with van der Waals surface area (Å²) >= 11 is 1.63. The fourth-order valence-corrected chi connectivity index (χ4v) is 2.74. The molecule has 2 aromatic rings. The Balaban J connectivity index is 1.76. The minimum Gasteiger partial charge on any atom is -0.452 e. The van der Waals surface area contributed by atoms with Crippen LogP contribution < -0.4 is 10.6 Å². The molecule has 0 heterocycles. The van der Waals surface area contributed by atoms with Crippen molar-refractivity contribution in [3.05, 3.63) is 65.2 Å². The summed E-state index contributed by atoms with van der Waals surface area (Å²) < 4.78 is 4.84. The van der Waals surface area contributed by atoms with E-state index in [1.54, 1.807) is 23.9 Å². The van der Waals surface area contributed by atoms with E-state index in [4.69, 9.17) is 4.74 Å². The number of hydrogen-bond donors (Lipinski definition) is 2. The molecule has 146 valence electrons. The number of anilines is 1. The Morgan fingerprint density at radius 1 is 1.07 bits per heavy atom. The Hall–Kier alpha value is -3.06. The summed E-state index contributed by atoms with van der Waals surface area (Å²) in [6.07, 6.45) is 4.81. The first-order valence-corrected chi connectivity index (χ1v) is 9.77. The zero-order chi connectivity index (χ0) is 20.5. The van der Waals surface area contributed by atoms with Gasteiger partial charge in [-0.05, 0) is 55.5 Å². The number of urea groups is 1. The number of carbonyl (C=O) groups is 3. The monoisotopic (exact) mass is 398 g/mol. The van der Waals surface area contributed by atoms with Crippen LogP contribution in [-0.4, -0.2) is 30.8 Å². The maximum Gasteiger partial charge on any atom is 0.331 e. The van der Waals surface area contributed by atoms with E-state index in [0.29, 0.717) is 5.69 Å². The average Bonchev–Trinajstić information content (AvgIpc) is 2.67. The standard InChI is InChI=1S/C21H22N2O4S/c1-14-4-10-18(15(2)12-14)22-21(26)23-19(24)13-27-20(25)11-7-16-5-8-17(28-3)9-6-16/h4-12H,13H2,1-3H3,(H2,22,23,24,26)/b11-7+. The molecule has 0 aromatic heterocycles. The van der Waals surface area contributed by atoms with Crippen LogP contribution >= 0.6 is 11.8 Å². The number of hydrogen-bond acceptors (Lipinski definition) is 5. The van der Waals surface area contributed by atoms with Crippen LogP contribution in [0, 0.1) is 13.8 Å². The van der Waals surface area contributed by atoms with Gasteiger partial charge >= 0.3 is 12.0 Å². The molecule has 0 saturated carbocycles. The van der Waals surface area contributed by atoms with E-state index >= 15 is 0 Å². The first-order chi connectivity index (χ1) is 13.4. The van der Waals surface area contributed by atoms with E-state index in [1.807, 2.05) is 56.5 Å². The Morgan fingerprint density at radius 2 is 1.79 bits per heavy atom. The molecule has 0 bridgehead atoms. The molecule has 0 saturated heterocycles. The van der Waals surface area contributed by atoms with Crippen LogP contribution in [0.4, 0.5) is 10.5 Å². The average molecular weight is 398 g/mol. The minimum atomic E-state index is -0.715. The van der Waals surface area contributed by atoms with Crippen LogP contribution in [0.25, 0.3) is 6.08 Å². The van der Waals surface area contributed by atoms with Gasteiger partial charge in [-0.15, -0.1) is 11.8 Å². The molecule has 2 N–H and O–H groups in total. The van der Waals surface area contributed by atoms with Crippen LogP contribution in [0.2, 0.25) is 0 Å². The highest BCUT2D eigenvalue weighted by molar-refractivity contribution is 7.98. The summed E-state index contributed by atoms with van der Waals surface area (Å²) in [5.41, 5.74) is 3.39. The second kappa shape index (κ2) is 10.3. The predicted molar refractivity (Wildman–Crippen MR) is 111 cm³/mol. The first kappa shape index (κ1) is 21.2. The van der Waals surface area contributed by atoms with Crippen molar-refractivity contribution in [3.63, 3.8) is 0 Å². The van der Waals surface area contributed by atoms with Gasteiger partial charge in [0.05, 0.1) is 0 Å². The Bertz CT molecular complexity index is 892. The Kier molecular flexibility index (Phi) is 7.83. The lowest BCUT2D eigenvalue weighted by atomic mass is 10.1. The number of aryl methyl sites for hydroxylation is 2. The van der Waals surface area contributed by atoms with Crippen LogP contribution in [0.5, 0.6) is 0 Å². The molecule has 0 radical (unpaired) electrons. The molecule has 0 unspecified atom stereocenters. The molecule has 7 heteroatoms. The number of thioether (sulfide) groups is 1. The van der Waals surface area contributed by atoms with Crippen molar-refractivity contribution in [3.8, 4) is 0 Å². The van der Waals surface area contributed by atoms with Crippen molar-refractivity contribution in [2.24, 2.45) is 0 Å². The maximum absolute atomic E-state index is 11.9. The second-order valence-corrected chi connectivity index (χ2v) is 6.91. The van der Waals surface area contributed by atoms with Crippen LogP contribution in [-0.2, 0) is 14.3 Å². The van der Waals surface area contributed by atoms with Crippen molar-refractivity contribution >= 4 is 41.4 Å². The maximum atomic E-state index is 11.9. The van der Waals surface area contributed by atoms with Gasteiger partial charge in [-0.25, -0.2) is 9.59 Å². The number of carbonyl (C=O) groups excluding carboxylic acids is 3. The van der Waals surface area contributed by atoms with Gasteiger partial charge in [0.2, 0.25) is 0 Å². The molecule has 2 rings (SSSR count). The van der Waals surface area contributed by atoms with E-state index < -0.39 is 24.5 Å². The van der Waals surface area contributed by atoms with Crippen molar-refractivity contribution in [1.29, 1.82) is 0 Å². The second-order valence-electron chi connectivity index (χ2n) is 6.03. The lowest BCUT2D eigenvalue weighted by molar-refractivity contribution is -0.143. The minimum absolute atomic E-state index is 0.547. The lowest BCUT2D eigenvalue weighted by Gasteiger charge is -2.09. The van der Waals surface area contributed by atoms with E-state index in [1.165, 1.54) is 6.08 Å². The highest BCUT2D eigenvalue weighted by Crippen LogP contribution is 2.16. The Morgan fingerprint density at radius 3 is 2.43 bits per heavy atom. The van der Waals surface area contributed by atoms with Gasteiger partial charge in [0, 0.05) is 16.7 Å². The zero-order valence-corrected chi connectivity index (χ0v) is 16.8. The van der Waals surface area contributed by atoms with E-state index in [2.05, 4.69) is 10.6 Å². The van der Waals surface area contributed by atoms with Gasteiger partial charge in [-0.1, -0.05) is 29.8 Å². The van der Waals surface area contributed by atoms with Gasteiger partial charge in [-0.2, -0.15) is 0 Å². The van der Waals surface area contributed by atoms with Crippen LogP contribution in [0.1, 0.15) is 16.7 Å². The third-order valence-electron chi connectivity index (χ3n) is 3.76. The topological polar surface area (TPSA) is 84.5 Å². The van der Waals surface area contributed by atoms with E-state index in [9.17, 15) is 14.4 Å². The predicted octanol–water partition coefficient (Wildman–Crippen LogP) is 3.93. The summed E-state index contributed by atoms with van der Waals surface area (Å²) in [5.74, 6) is -1.38. The summed E-state index contributed by atoms with van der Waals surface area (Å²) in [7, 11) is 0. The van der Waals surface area contributed by atoms with Crippen LogP contribution in [0.3, 0.4) is 0 Å². The van der Waals surface area contributed by atoms with Crippen LogP contribution in [0.15, 0.2) is 53.4 Å². The fourth-order valence-electron chi connectivity index (χ4n) is 2.33. The highest BCUT2D eigenvalue weighted by Gasteiger charge is 2.11. The lowest BCUT2D eigenvalue weighted by Crippen LogP contribution is -2.37. The summed E-state index contributed by atoms with van der Waals surface area (Å²) in [5, 5.41) is 4.70. The van der Waals surface area contributed by atoms with Gasteiger partial charge in [0.15, 0.2) is 6.61 Å². The molecule has 0 aliphatic carbocycles. The third kappa shape index (κ3) is 6.92.